The lowest BCUT2D eigenvalue weighted by atomic mass is 10.1. The maximum atomic E-state index is 9.24. The van der Waals surface area contributed by atoms with Crippen LogP contribution < -0.4 is 16.8 Å². The number of aliphatic carboxylic acids is 1. The van der Waals surface area contributed by atoms with Crippen molar-refractivity contribution in [2.45, 2.75) is 90.9 Å². The Morgan fingerprint density at radius 1 is 0.759 bits per heavy atom. The van der Waals surface area contributed by atoms with Gasteiger partial charge in [-0.15, -0.1) is 12.4 Å². The molecule has 0 aromatic rings. The second-order valence-corrected chi connectivity index (χ2v) is 7.51. The van der Waals surface area contributed by atoms with Crippen LogP contribution in [0.4, 0.5) is 0 Å². The van der Waals surface area contributed by atoms with Crippen LogP contribution in [0.25, 0.3) is 0 Å². The Bertz CT molecular complexity index is 295. The summed E-state index contributed by atoms with van der Waals surface area (Å²) in [5, 5.41) is 11.0. The number of hydrogen-bond donors (Lipinski definition) is 4. The second-order valence-electron chi connectivity index (χ2n) is 7.51. The van der Waals surface area contributed by atoms with E-state index in [1.165, 1.54) is 96.7 Å². The number of halogens is 1. The van der Waals surface area contributed by atoms with Gasteiger partial charge in [0, 0.05) is 26.2 Å². The van der Waals surface area contributed by atoms with Crippen molar-refractivity contribution in [2.24, 2.45) is 11.5 Å². The molecule has 0 radical (unpaired) electrons. The van der Waals surface area contributed by atoms with Gasteiger partial charge in [0.05, 0.1) is 6.54 Å². The zero-order valence-electron chi connectivity index (χ0n) is 19.3. The monoisotopic (exact) mass is 438 g/mol. The third kappa shape index (κ3) is 32.5. The van der Waals surface area contributed by atoms with E-state index in [0.717, 1.165) is 19.6 Å². The van der Waals surface area contributed by atoms with Gasteiger partial charge in [-0.2, -0.15) is 0 Å². The fraction of sp³-hybridized carbons (Fsp3) is 0.955. The van der Waals surface area contributed by atoms with Crippen molar-refractivity contribution in [1.82, 2.24) is 10.2 Å². The highest BCUT2D eigenvalue weighted by Crippen LogP contribution is 2.08. The van der Waals surface area contributed by atoms with Crippen molar-refractivity contribution in [2.75, 3.05) is 45.8 Å². The normalized spacial score (nSPS) is 10.4. The van der Waals surface area contributed by atoms with Gasteiger partial charge < -0.3 is 26.8 Å². The molecule has 0 heterocycles. The topological polar surface area (TPSA) is 105 Å². The molecule has 0 unspecified atom stereocenters. The molecule has 0 atom stereocenters. The summed E-state index contributed by atoms with van der Waals surface area (Å²) in [6.45, 7) is 10.8. The van der Waals surface area contributed by atoms with Crippen LogP contribution in [-0.4, -0.2) is 61.8 Å². The first-order valence-corrected chi connectivity index (χ1v) is 11.7. The van der Waals surface area contributed by atoms with E-state index in [2.05, 4.69) is 29.8 Å². The zero-order valence-corrected chi connectivity index (χ0v) is 20.1. The Balaban J connectivity index is -0.000000997. The molecule has 0 aliphatic carbocycles. The molecule has 178 valence electrons. The van der Waals surface area contributed by atoms with E-state index in [0.29, 0.717) is 0 Å². The number of rotatable bonds is 20. The van der Waals surface area contributed by atoms with E-state index in [1.54, 1.807) is 0 Å². The average molecular weight is 439 g/mol. The fourth-order valence-electron chi connectivity index (χ4n) is 3.03. The van der Waals surface area contributed by atoms with Crippen LogP contribution >= 0.6 is 12.4 Å². The number of carboxylic acid groups (broad SMARTS) is 1. The Hall–Kier alpha value is -0.400. The average Bonchev–Trinajstić information content (AvgIpc) is 2.70. The lowest BCUT2D eigenvalue weighted by Gasteiger charge is -2.22. The van der Waals surface area contributed by atoms with E-state index in [-0.39, 0.29) is 19.0 Å². The van der Waals surface area contributed by atoms with Gasteiger partial charge in [0.2, 0.25) is 0 Å². The van der Waals surface area contributed by atoms with Crippen molar-refractivity contribution in [3.63, 3.8) is 0 Å². The first-order chi connectivity index (χ1) is 13.6. The molecule has 0 aromatic carbocycles. The van der Waals surface area contributed by atoms with Gasteiger partial charge in [0.1, 0.15) is 0 Å². The molecule has 0 saturated carbocycles. The summed E-state index contributed by atoms with van der Waals surface area (Å²) in [6, 6.07) is 0. The number of nitrogens with zero attached hydrogens (tertiary/aromatic N) is 1. The second kappa shape index (κ2) is 29.8. The molecule has 0 bridgehead atoms. The molecule has 0 fully saturated rings. The minimum Gasteiger partial charge on any atom is -0.480 e. The first-order valence-electron chi connectivity index (χ1n) is 11.7. The molecule has 0 aromatic heterocycles. The molecule has 0 aliphatic heterocycles. The Morgan fingerprint density at radius 2 is 1.17 bits per heavy atom. The van der Waals surface area contributed by atoms with Crippen LogP contribution in [0.2, 0.25) is 0 Å². The quantitative estimate of drug-likeness (QED) is 0.214. The highest BCUT2D eigenvalue weighted by atomic mass is 35.5. The van der Waals surface area contributed by atoms with Crippen LogP contribution in [0.15, 0.2) is 0 Å². The van der Waals surface area contributed by atoms with Crippen LogP contribution in [0, 0.1) is 0 Å². The van der Waals surface area contributed by atoms with Gasteiger partial charge in [0.25, 0.3) is 0 Å². The van der Waals surface area contributed by atoms with Crippen molar-refractivity contribution in [3.8, 4) is 0 Å². The van der Waals surface area contributed by atoms with Gasteiger partial charge >= 0.3 is 5.97 Å². The summed E-state index contributed by atoms with van der Waals surface area (Å²) >= 11 is 0. The molecule has 0 amide bonds. The standard InChI is InChI=1S/C20H45N3.C2H5NO2.ClH/c1-3-5-7-9-11-13-18-23(20-17-22-16-15-21)19-14-12-10-8-6-4-2;3-1-2(4)5;/h22H,3-21H2,1-2H3;1,3H2,(H,4,5);1H. The number of hydrogen-bond acceptors (Lipinski definition) is 5. The summed E-state index contributed by atoms with van der Waals surface area (Å²) in [5.74, 6) is -0.968. The zero-order chi connectivity index (χ0) is 21.3. The molecule has 0 spiro atoms. The lowest BCUT2D eigenvalue weighted by molar-refractivity contribution is -0.135. The summed E-state index contributed by atoms with van der Waals surface area (Å²) in [4.78, 5) is 11.9. The first kappa shape index (κ1) is 33.2. The minimum atomic E-state index is -0.968. The van der Waals surface area contributed by atoms with Crippen molar-refractivity contribution >= 4 is 18.4 Å². The highest BCUT2D eigenvalue weighted by Gasteiger charge is 2.04. The third-order valence-electron chi connectivity index (χ3n) is 4.76. The lowest BCUT2D eigenvalue weighted by Crippen LogP contribution is -2.35. The molecule has 7 heteroatoms. The van der Waals surface area contributed by atoms with E-state index >= 15 is 0 Å². The number of carbonyl (C=O) groups is 1. The van der Waals surface area contributed by atoms with Gasteiger partial charge in [-0.05, 0) is 25.9 Å². The predicted molar refractivity (Wildman–Crippen MR) is 129 cm³/mol. The van der Waals surface area contributed by atoms with Gasteiger partial charge in [-0.3, -0.25) is 4.79 Å². The van der Waals surface area contributed by atoms with E-state index in [9.17, 15) is 4.79 Å². The fourth-order valence-corrected chi connectivity index (χ4v) is 3.03. The van der Waals surface area contributed by atoms with Gasteiger partial charge in [0.15, 0.2) is 0 Å². The van der Waals surface area contributed by atoms with Crippen molar-refractivity contribution in [1.29, 1.82) is 0 Å². The Morgan fingerprint density at radius 3 is 1.55 bits per heavy atom. The molecule has 0 saturated heterocycles. The summed E-state index contributed by atoms with van der Waals surface area (Å²) in [6.07, 6.45) is 16.7. The molecule has 6 N–H and O–H groups in total. The summed E-state index contributed by atoms with van der Waals surface area (Å²) in [7, 11) is 0. The van der Waals surface area contributed by atoms with Gasteiger partial charge in [-0.1, -0.05) is 78.1 Å². The maximum Gasteiger partial charge on any atom is 0.317 e. The predicted octanol–water partition coefficient (Wildman–Crippen LogP) is 4.01. The number of nitrogens with two attached hydrogens (primary N) is 2. The summed E-state index contributed by atoms with van der Waals surface area (Å²) in [5.41, 5.74) is 10.1. The highest BCUT2D eigenvalue weighted by molar-refractivity contribution is 5.85. The SMILES string of the molecule is CCCCCCCCN(CCCCCCCC)CCNCCN.Cl.NCC(=O)O. The maximum absolute atomic E-state index is 9.24. The molecule has 29 heavy (non-hydrogen) atoms. The number of unbranched alkanes of at least 4 members (excludes halogenated alkanes) is 10. The molecular formula is C22H51ClN4O2. The number of carboxylic acids is 1. The van der Waals surface area contributed by atoms with Crippen molar-refractivity contribution < 1.29 is 9.90 Å². The van der Waals surface area contributed by atoms with Crippen LogP contribution in [-0.2, 0) is 4.79 Å². The van der Waals surface area contributed by atoms with Crippen LogP contribution in [0.1, 0.15) is 90.9 Å². The van der Waals surface area contributed by atoms with E-state index in [1.807, 2.05) is 0 Å². The molecule has 0 rings (SSSR count). The van der Waals surface area contributed by atoms with Crippen LogP contribution in [0.5, 0.6) is 0 Å². The Kier molecular flexibility index (Phi) is 34.2. The summed E-state index contributed by atoms with van der Waals surface area (Å²) < 4.78 is 0. The third-order valence-corrected chi connectivity index (χ3v) is 4.76. The smallest absolute Gasteiger partial charge is 0.317 e. The van der Waals surface area contributed by atoms with E-state index in [4.69, 9.17) is 10.8 Å². The largest absolute Gasteiger partial charge is 0.480 e. The van der Waals surface area contributed by atoms with Gasteiger partial charge in [-0.25, -0.2) is 0 Å². The molecular weight excluding hydrogens is 388 g/mol. The number of nitrogens with one attached hydrogen (secondary N) is 1. The Labute approximate surface area is 187 Å². The minimum absolute atomic E-state index is 0. The van der Waals surface area contributed by atoms with Crippen molar-refractivity contribution in [3.05, 3.63) is 0 Å². The van der Waals surface area contributed by atoms with Crippen LogP contribution in [0.3, 0.4) is 0 Å². The van der Waals surface area contributed by atoms with E-state index < -0.39 is 5.97 Å². The molecule has 6 nitrogen and oxygen atoms in total. The molecule has 0 aliphatic rings.